The lowest BCUT2D eigenvalue weighted by Crippen LogP contribution is -2.45. The van der Waals surface area contributed by atoms with Crippen LogP contribution < -0.4 is 5.32 Å². The number of nitrogens with zero attached hydrogens (tertiary/aromatic N) is 1. The van der Waals surface area contributed by atoms with Crippen molar-refractivity contribution in [3.63, 3.8) is 0 Å². The summed E-state index contributed by atoms with van der Waals surface area (Å²) >= 11 is 5.10. The van der Waals surface area contributed by atoms with Gasteiger partial charge < -0.3 is 10.2 Å². The van der Waals surface area contributed by atoms with Gasteiger partial charge in [-0.3, -0.25) is 9.59 Å². The van der Waals surface area contributed by atoms with E-state index in [0.717, 1.165) is 27.7 Å². The first-order valence-electron chi connectivity index (χ1n) is 9.46. The first-order valence-corrected chi connectivity index (χ1v) is 11.4. The van der Waals surface area contributed by atoms with E-state index in [0.29, 0.717) is 11.6 Å². The van der Waals surface area contributed by atoms with Crippen molar-refractivity contribution in [1.82, 2.24) is 4.90 Å². The quantitative estimate of drug-likeness (QED) is 0.721. The van der Waals surface area contributed by atoms with Crippen LogP contribution in [0.5, 0.6) is 0 Å². The second-order valence-corrected chi connectivity index (χ2v) is 9.48. The molecule has 146 valence electrons. The van der Waals surface area contributed by atoms with Crippen LogP contribution in [0.3, 0.4) is 0 Å². The number of halogens is 1. The van der Waals surface area contributed by atoms with Gasteiger partial charge in [0, 0.05) is 21.8 Å². The fraction of sp³-hybridized carbons (Fsp3) is 0.364. The number of amides is 2. The SMILES string of the molecule is Cc1cccc(NC(=O)C2CSCN2C(=O)C2CC2c2ccc(Br)cc2)c1C. The standard InChI is InChI=1S/C22H23BrN2O2S/c1-13-4-3-5-19(14(13)2)24-21(26)20-11-28-12-25(20)22(27)18-10-17(18)15-6-8-16(23)9-7-15/h3-9,17-18,20H,10-12H2,1-2H3,(H,24,26). The topological polar surface area (TPSA) is 49.4 Å². The molecule has 2 fully saturated rings. The number of hydrogen-bond acceptors (Lipinski definition) is 3. The molecule has 0 bridgehead atoms. The Morgan fingerprint density at radius 2 is 1.89 bits per heavy atom. The van der Waals surface area contributed by atoms with E-state index in [9.17, 15) is 9.59 Å². The summed E-state index contributed by atoms with van der Waals surface area (Å²) in [6.07, 6.45) is 0.868. The Bertz CT molecular complexity index is 915. The van der Waals surface area contributed by atoms with Crippen LogP contribution in [-0.4, -0.2) is 34.4 Å². The minimum absolute atomic E-state index is 0.00381. The van der Waals surface area contributed by atoms with Crippen LogP contribution >= 0.6 is 27.7 Å². The van der Waals surface area contributed by atoms with Gasteiger partial charge in [-0.1, -0.05) is 40.2 Å². The Kier molecular flexibility index (Phi) is 5.52. The maximum absolute atomic E-state index is 13.1. The van der Waals surface area contributed by atoms with Crippen molar-refractivity contribution in [2.45, 2.75) is 32.2 Å². The lowest BCUT2D eigenvalue weighted by atomic mass is 10.1. The first-order chi connectivity index (χ1) is 13.5. The molecule has 2 aromatic carbocycles. The molecule has 1 heterocycles. The second kappa shape index (κ2) is 7.91. The number of aryl methyl sites for hydroxylation is 1. The van der Waals surface area contributed by atoms with Gasteiger partial charge in [0.25, 0.3) is 0 Å². The van der Waals surface area contributed by atoms with E-state index in [2.05, 4.69) is 33.4 Å². The summed E-state index contributed by atoms with van der Waals surface area (Å²) in [5.41, 5.74) is 4.23. The summed E-state index contributed by atoms with van der Waals surface area (Å²) in [5, 5.41) is 3.03. The highest BCUT2D eigenvalue weighted by Crippen LogP contribution is 2.49. The minimum Gasteiger partial charge on any atom is -0.324 e. The van der Waals surface area contributed by atoms with E-state index >= 15 is 0 Å². The van der Waals surface area contributed by atoms with Crippen LogP contribution in [0.15, 0.2) is 46.9 Å². The zero-order chi connectivity index (χ0) is 19.8. The third kappa shape index (κ3) is 3.85. The number of hydrogen-bond donors (Lipinski definition) is 1. The smallest absolute Gasteiger partial charge is 0.248 e. The summed E-state index contributed by atoms with van der Waals surface area (Å²) in [6, 6.07) is 13.7. The number of benzene rings is 2. The van der Waals surface area contributed by atoms with Gasteiger partial charge in [-0.2, -0.15) is 0 Å². The van der Waals surface area contributed by atoms with Crippen LogP contribution in [0.4, 0.5) is 5.69 Å². The third-order valence-electron chi connectivity index (χ3n) is 5.74. The molecule has 0 radical (unpaired) electrons. The van der Waals surface area contributed by atoms with Crippen molar-refractivity contribution in [3.05, 3.63) is 63.6 Å². The fourth-order valence-electron chi connectivity index (χ4n) is 3.74. The zero-order valence-electron chi connectivity index (χ0n) is 15.9. The van der Waals surface area contributed by atoms with Crippen LogP contribution in [-0.2, 0) is 9.59 Å². The van der Waals surface area contributed by atoms with Crippen molar-refractivity contribution < 1.29 is 9.59 Å². The van der Waals surface area contributed by atoms with Crippen LogP contribution in [0.2, 0.25) is 0 Å². The Morgan fingerprint density at radius 3 is 2.64 bits per heavy atom. The van der Waals surface area contributed by atoms with Gasteiger partial charge in [0.05, 0.1) is 5.88 Å². The molecule has 3 atom stereocenters. The molecule has 1 saturated heterocycles. The van der Waals surface area contributed by atoms with Gasteiger partial charge in [0.2, 0.25) is 11.8 Å². The van der Waals surface area contributed by atoms with Crippen molar-refractivity contribution >= 4 is 45.2 Å². The molecule has 1 saturated carbocycles. The van der Waals surface area contributed by atoms with Crippen molar-refractivity contribution in [2.75, 3.05) is 16.9 Å². The molecular weight excluding hydrogens is 436 g/mol. The molecule has 0 aromatic heterocycles. The number of anilines is 1. The lowest BCUT2D eigenvalue weighted by Gasteiger charge is -2.24. The van der Waals surface area contributed by atoms with Gasteiger partial charge >= 0.3 is 0 Å². The molecule has 4 rings (SSSR count). The average Bonchev–Trinajstić information content (AvgIpc) is 3.32. The summed E-state index contributed by atoms with van der Waals surface area (Å²) in [7, 11) is 0. The van der Waals surface area contributed by atoms with E-state index in [-0.39, 0.29) is 23.7 Å². The zero-order valence-corrected chi connectivity index (χ0v) is 18.3. The van der Waals surface area contributed by atoms with Gasteiger partial charge in [-0.25, -0.2) is 0 Å². The molecule has 1 aliphatic heterocycles. The Morgan fingerprint density at radius 1 is 1.14 bits per heavy atom. The highest BCUT2D eigenvalue weighted by Gasteiger charge is 2.48. The van der Waals surface area contributed by atoms with Crippen molar-refractivity contribution in [1.29, 1.82) is 0 Å². The Balaban J connectivity index is 1.43. The van der Waals surface area contributed by atoms with E-state index in [4.69, 9.17) is 0 Å². The molecule has 0 spiro atoms. The first kappa shape index (κ1) is 19.5. The second-order valence-electron chi connectivity index (χ2n) is 7.56. The molecule has 3 unspecified atom stereocenters. The number of thioether (sulfide) groups is 1. The van der Waals surface area contributed by atoms with E-state index in [1.807, 2.05) is 44.2 Å². The van der Waals surface area contributed by atoms with Gasteiger partial charge in [0.15, 0.2) is 0 Å². The number of carbonyl (C=O) groups is 2. The molecule has 1 aliphatic carbocycles. The maximum atomic E-state index is 13.1. The van der Waals surface area contributed by atoms with Crippen LogP contribution in [0.25, 0.3) is 0 Å². The predicted molar refractivity (Wildman–Crippen MR) is 117 cm³/mol. The number of carbonyl (C=O) groups excluding carboxylic acids is 2. The van der Waals surface area contributed by atoms with Crippen LogP contribution in [0.1, 0.15) is 29.0 Å². The molecule has 2 aliphatic rings. The highest BCUT2D eigenvalue weighted by molar-refractivity contribution is 9.10. The van der Waals surface area contributed by atoms with Crippen LogP contribution in [0, 0.1) is 19.8 Å². The third-order valence-corrected chi connectivity index (χ3v) is 7.28. The lowest BCUT2D eigenvalue weighted by molar-refractivity contribution is -0.137. The summed E-state index contributed by atoms with van der Waals surface area (Å²) in [6.45, 7) is 4.03. The summed E-state index contributed by atoms with van der Waals surface area (Å²) < 4.78 is 1.04. The molecule has 1 N–H and O–H groups in total. The van der Waals surface area contributed by atoms with E-state index < -0.39 is 6.04 Å². The molecule has 28 heavy (non-hydrogen) atoms. The average molecular weight is 459 g/mol. The van der Waals surface area contributed by atoms with Gasteiger partial charge in [-0.15, -0.1) is 11.8 Å². The summed E-state index contributed by atoms with van der Waals surface area (Å²) in [4.78, 5) is 27.7. The monoisotopic (exact) mass is 458 g/mol. The van der Waals surface area contributed by atoms with Gasteiger partial charge in [-0.05, 0) is 61.1 Å². The molecule has 2 amide bonds. The normalized spacial score (nSPS) is 23.5. The van der Waals surface area contributed by atoms with Crippen molar-refractivity contribution in [3.8, 4) is 0 Å². The van der Waals surface area contributed by atoms with Gasteiger partial charge in [0.1, 0.15) is 6.04 Å². The Hall–Kier alpha value is -1.79. The largest absolute Gasteiger partial charge is 0.324 e. The Labute approximate surface area is 178 Å². The highest BCUT2D eigenvalue weighted by atomic mass is 79.9. The maximum Gasteiger partial charge on any atom is 0.248 e. The fourth-order valence-corrected chi connectivity index (χ4v) is 5.17. The van der Waals surface area contributed by atoms with E-state index in [1.165, 1.54) is 5.56 Å². The predicted octanol–water partition coefficient (Wildman–Crippen LogP) is 4.71. The number of rotatable bonds is 4. The number of nitrogens with one attached hydrogen (secondary N) is 1. The van der Waals surface area contributed by atoms with Crippen molar-refractivity contribution in [2.24, 2.45) is 5.92 Å². The summed E-state index contributed by atoms with van der Waals surface area (Å²) in [5.74, 6) is 1.53. The molecule has 2 aromatic rings. The molecule has 4 nitrogen and oxygen atoms in total. The van der Waals surface area contributed by atoms with E-state index in [1.54, 1.807) is 16.7 Å². The minimum atomic E-state index is -0.399. The molecular formula is C22H23BrN2O2S. The molecule has 6 heteroatoms.